The molecule has 0 bridgehead atoms. The fourth-order valence-electron chi connectivity index (χ4n) is 4.41. The van der Waals surface area contributed by atoms with Crippen molar-refractivity contribution in [1.29, 1.82) is 0 Å². The van der Waals surface area contributed by atoms with Crippen LogP contribution < -0.4 is 5.63 Å². The van der Waals surface area contributed by atoms with Crippen LogP contribution in [0.2, 0.25) is 0 Å². The number of carbonyl (C=O) groups is 1. The SMILES string of the molecule is C=C(C)CCc1ccc2c(C)c(CC(=O)C(C)C[C@@H]3OC(O)[C@@H](O)[C@@H](O)[C@H]3O)c(=O)oc2c1C. The van der Waals surface area contributed by atoms with Gasteiger partial charge in [-0.25, -0.2) is 4.79 Å². The summed E-state index contributed by atoms with van der Waals surface area (Å²) < 4.78 is 10.8. The number of ketones is 1. The second-order valence-electron chi connectivity index (χ2n) is 9.49. The molecule has 3 rings (SSSR count). The molecular formula is C26H34O8. The molecule has 0 radical (unpaired) electrons. The molecule has 0 aliphatic carbocycles. The summed E-state index contributed by atoms with van der Waals surface area (Å²) >= 11 is 0. The molecule has 1 aliphatic rings. The van der Waals surface area contributed by atoms with Crippen LogP contribution in [-0.2, 0) is 22.4 Å². The molecule has 186 valence electrons. The molecule has 1 fully saturated rings. The van der Waals surface area contributed by atoms with Gasteiger partial charge in [-0.15, -0.1) is 6.58 Å². The molecule has 2 heterocycles. The van der Waals surface area contributed by atoms with E-state index in [9.17, 15) is 30.0 Å². The summed E-state index contributed by atoms with van der Waals surface area (Å²) in [5.74, 6) is -0.912. The second-order valence-corrected chi connectivity index (χ2v) is 9.49. The monoisotopic (exact) mass is 474 g/mol. The maximum Gasteiger partial charge on any atom is 0.340 e. The predicted molar refractivity (Wildman–Crippen MR) is 126 cm³/mol. The van der Waals surface area contributed by atoms with E-state index >= 15 is 0 Å². The molecule has 1 aromatic heterocycles. The molecule has 1 aromatic carbocycles. The molecule has 2 unspecified atom stereocenters. The van der Waals surface area contributed by atoms with Crippen molar-refractivity contribution < 1.29 is 34.4 Å². The standard InChI is InChI=1S/C26H34O8/c1-12(2)6-7-16-8-9-17-15(5)18(25(31)34-24(17)14(16)4)11-19(27)13(3)10-20-21(28)22(29)23(30)26(32)33-20/h8-9,13,20-23,26,28-30,32H,1,6-7,10-11H2,2-5H3/t13?,20-,21-,22-,23-,26?/m0/s1. The van der Waals surface area contributed by atoms with Crippen LogP contribution in [0.5, 0.6) is 0 Å². The van der Waals surface area contributed by atoms with Crippen LogP contribution in [0.25, 0.3) is 11.0 Å². The molecule has 8 heteroatoms. The maximum atomic E-state index is 12.9. The van der Waals surface area contributed by atoms with Gasteiger partial charge in [-0.3, -0.25) is 4.79 Å². The van der Waals surface area contributed by atoms with Crippen LogP contribution in [0, 0.1) is 19.8 Å². The first-order valence-electron chi connectivity index (χ1n) is 11.5. The first-order valence-corrected chi connectivity index (χ1v) is 11.5. The van der Waals surface area contributed by atoms with Crippen LogP contribution in [0.1, 0.15) is 48.9 Å². The van der Waals surface area contributed by atoms with E-state index in [4.69, 9.17) is 9.15 Å². The van der Waals surface area contributed by atoms with Crippen molar-refractivity contribution in [3.05, 3.63) is 57.0 Å². The van der Waals surface area contributed by atoms with Crippen molar-refractivity contribution >= 4 is 16.8 Å². The first kappa shape index (κ1) is 26.2. The van der Waals surface area contributed by atoms with Gasteiger partial charge < -0.3 is 29.6 Å². The van der Waals surface area contributed by atoms with E-state index in [1.165, 1.54) is 0 Å². The minimum absolute atomic E-state index is 0.00396. The summed E-state index contributed by atoms with van der Waals surface area (Å²) in [4.78, 5) is 25.7. The summed E-state index contributed by atoms with van der Waals surface area (Å²) in [7, 11) is 0. The number of Topliss-reactive ketones (excluding diaryl/α,β-unsaturated/α-hetero) is 1. The van der Waals surface area contributed by atoms with E-state index in [-0.39, 0.29) is 24.2 Å². The lowest BCUT2D eigenvalue weighted by atomic mass is 9.88. The van der Waals surface area contributed by atoms with Gasteiger partial charge >= 0.3 is 5.63 Å². The number of allylic oxidation sites excluding steroid dienone is 1. The minimum Gasteiger partial charge on any atom is -0.422 e. The number of benzene rings is 1. The summed E-state index contributed by atoms with van der Waals surface area (Å²) in [5.41, 5.74) is 3.97. The third kappa shape index (κ3) is 5.31. The van der Waals surface area contributed by atoms with E-state index in [1.807, 2.05) is 26.0 Å². The molecule has 0 saturated carbocycles. The van der Waals surface area contributed by atoms with Crippen LogP contribution in [0.15, 0.2) is 33.5 Å². The van der Waals surface area contributed by atoms with Gasteiger partial charge in [0.15, 0.2) is 6.29 Å². The van der Waals surface area contributed by atoms with Crippen LogP contribution in [0.3, 0.4) is 0 Å². The molecule has 34 heavy (non-hydrogen) atoms. The van der Waals surface area contributed by atoms with Crippen molar-refractivity contribution in [2.45, 2.75) is 84.1 Å². The Kier molecular flexibility index (Phi) is 8.10. The number of carbonyl (C=O) groups excluding carboxylic acids is 1. The predicted octanol–water partition coefficient (Wildman–Crippen LogP) is 1.86. The summed E-state index contributed by atoms with van der Waals surface area (Å²) in [6.07, 6.45) is -5.89. The second kappa shape index (κ2) is 10.5. The zero-order valence-electron chi connectivity index (χ0n) is 20.1. The van der Waals surface area contributed by atoms with Gasteiger partial charge in [0.05, 0.1) is 6.10 Å². The van der Waals surface area contributed by atoms with Crippen molar-refractivity contribution in [3.8, 4) is 0 Å². The number of hydrogen-bond donors (Lipinski definition) is 4. The highest BCUT2D eigenvalue weighted by atomic mass is 16.6. The van der Waals surface area contributed by atoms with Gasteiger partial charge in [0.25, 0.3) is 0 Å². The molecule has 2 aromatic rings. The Balaban J connectivity index is 1.80. The fraction of sp³-hybridized carbons (Fsp3) is 0.538. The van der Waals surface area contributed by atoms with Crippen molar-refractivity contribution in [2.75, 3.05) is 0 Å². The van der Waals surface area contributed by atoms with Gasteiger partial charge in [-0.1, -0.05) is 24.6 Å². The third-order valence-electron chi connectivity index (χ3n) is 6.81. The lowest BCUT2D eigenvalue weighted by Gasteiger charge is -2.39. The highest BCUT2D eigenvalue weighted by molar-refractivity contribution is 5.88. The minimum atomic E-state index is -1.66. The molecule has 0 spiro atoms. The van der Waals surface area contributed by atoms with Crippen molar-refractivity contribution in [3.63, 3.8) is 0 Å². The number of rotatable bonds is 8. The normalized spacial score (nSPS) is 25.9. The Morgan fingerprint density at radius 1 is 1.09 bits per heavy atom. The largest absolute Gasteiger partial charge is 0.422 e. The number of aliphatic hydroxyl groups is 4. The summed E-state index contributed by atoms with van der Waals surface area (Å²) in [5, 5.41) is 40.1. The number of aryl methyl sites for hydroxylation is 3. The Labute approximate surface area is 198 Å². The zero-order valence-corrected chi connectivity index (χ0v) is 20.1. The molecular weight excluding hydrogens is 440 g/mol. The van der Waals surface area contributed by atoms with Crippen molar-refractivity contribution in [2.24, 2.45) is 5.92 Å². The van der Waals surface area contributed by atoms with Gasteiger partial charge in [0.2, 0.25) is 0 Å². The Morgan fingerprint density at radius 2 is 1.76 bits per heavy atom. The molecule has 1 aliphatic heterocycles. The average molecular weight is 475 g/mol. The highest BCUT2D eigenvalue weighted by Gasteiger charge is 2.43. The van der Waals surface area contributed by atoms with Crippen LogP contribution in [-0.4, -0.2) is 56.9 Å². The fourth-order valence-corrected chi connectivity index (χ4v) is 4.41. The summed E-state index contributed by atoms with van der Waals surface area (Å²) in [6, 6.07) is 3.92. The topological polar surface area (TPSA) is 137 Å². The van der Waals surface area contributed by atoms with E-state index in [0.29, 0.717) is 11.1 Å². The number of fused-ring (bicyclic) bond motifs is 1. The molecule has 4 N–H and O–H groups in total. The van der Waals surface area contributed by atoms with Gasteiger partial charge in [-0.05, 0) is 56.7 Å². The van der Waals surface area contributed by atoms with E-state index in [1.54, 1.807) is 13.8 Å². The van der Waals surface area contributed by atoms with E-state index in [0.717, 1.165) is 34.9 Å². The maximum absolute atomic E-state index is 12.9. The number of aliphatic hydroxyl groups excluding tert-OH is 4. The Hall–Kier alpha value is -2.36. The molecule has 0 amide bonds. The quantitative estimate of drug-likeness (QED) is 0.336. The Morgan fingerprint density at radius 3 is 2.41 bits per heavy atom. The van der Waals surface area contributed by atoms with E-state index in [2.05, 4.69) is 6.58 Å². The van der Waals surface area contributed by atoms with E-state index < -0.39 is 42.2 Å². The smallest absolute Gasteiger partial charge is 0.340 e. The molecule has 1 saturated heterocycles. The zero-order chi connectivity index (χ0) is 25.3. The summed E-state index contributed by atoms with van der Waals surface area (Å²) in [6.45, 7) is 11.2. The third-order valence-corrected chi connectivity index (χ3v) is 6.81. The number of ether oxygens (including phenoxy) is 1. The molecule has 6 atom stereocenters. The lowest BCUT2D eigenvalue weighted by molar-refractivity contribution is -0.283. The van der Waals surface area contributed by atoms with Gasteiger partial charge in [0, 0.05) is 23.3 Å². The molecule has 8 nitrogen and oxygen atoms in total. The number of hydrogen-bond acceptors (Lipinski definition) is 8. The lowest BCUT2D eigenvalue weighted by Crippen LogP contribution is -2.57. The van der Waals surface area contributed by atoms with Crippen molar-refractivity contribution in [1.82, 2.24) is 0 Å². The Bertz CT molecular complexity index is 1130. The average Bonchev–Trinajstić information content (AvgIpc) is 2.78. The van der Waals surface area contributed by atoms with Gasteiger partial charge in [-0.2, -0.15) is 0 Å². The highest BCUT2D eigenvalue weighted by Crippen LogP contribution is 2.28. The van der Waals surface area contributed by atoms with Crippen LogP contribution in [0.4, 0.5) is 0 Å². The first-order chi connectivity index (χ1) is 15.9. The van der Waals surface area contributed by atoms with Gasteiger partial charge in [0.1, 0.15) is 29.7 Å². The van der Waals surface area contributed by atoms with Crippen LogP contribution >= 0.6 is 0 Å².